The summed E-state index contributed by atoms with van der Waals surface area (Å²) in [6, 6.07) is 7.24. The van der Waals surface area contributed by atoms with E-state index < -0.39 is 0 Å². The first-order valence-corrected chi connectivity index (χ1v) is 7.51. The molecule has 0 atom stereocenters. The Balaban J connectivity index is 2.15. The number of hydrogen-bond acceptors (Lipinski definition) is 5. The molecule has 0 radical (unpaired) electrons. The van der Waals surface area contributed by atoms with Crippen LogP contribution >= 0.6 is 0 Å². The third-order valence-corrected chi connectivity index (χ3v) is 3.19. The van der Waals surface area contributed by atoms with Gasteiger partial charge in [-0.25, -0.2) is 9.97 Å². The van der Waals surface area contributed by atoms with Crippen LogP contribution in [0.25, 0.3) is 0 Å². The molecule has 0 aliphatic heterocycles. The quantitative estimate of drug-likeness (QED) is 0.857. The van der Waals surface area contributed by atoms with Crippen LogP contribution < -0.4 is 15.4 Å². The lowest BCUT2D eigenvalue weighted by Gasteiger charge is -2.11. The predicted molar refractivity (Wildman–Crippen MR) is 91.0 cm³/mol. The fraction of sp³-hybridized carbons (Fsp3) is 0.353. The molecule has 0 bridgehead atoms. The molecule has 2 rings (SSSR count). The minimum absolute atomic E-state index is 0.301. The van der Waals surface area contributed by atoms with Crippen molar-refractivity contribution in [1.82, 2.24) is 9.97 Å². The molecule has 0 aliphatic carbocycles. The van der Waals surface area contributed by atoms with Crippen molar-refractivity contribution in [3.05, 3.63) is 41.9 Å². The first kappa shape index (κ1) is 16.7. The van der Waals surface area contributed by atoms with Crippen LogP contribution in [0, 0.1) is 12.8 Å². The number of methoxy groups -OCH3 is 1. The summed E-state index contributed by atoms with van der Waals surface area (Å²) in [5, 5.41) is 6.01. The number of nitrogens with zero attached hydrogens (tertiary/aromatic N) is 2. The summed E-state index contributed by atoms with van der Waals surface area (Å²) in [7, 11) is 1.57. The molecular formula is C17H22N4O2. The van der Waals surface area contributed by atoms with Crippen molar-refractivity contribution < 1.29 is 9.53 Å². The molecule has 0 spiro atoms. The van der Waals surface area contributed by atoms with Gasteiger partial charge in [0, 0.05) is 12.6 Å². The zero-order valence-corrected chi connectivity index (χ0v) is 13.9. The Morgan fingerprint density at radius 3 is 2.74 bits per heavy atom. The van der Waals surface area contributed by atoms with Crippen molar-refractivity contribution in [2.24, 2.45) is 5.92 Å². The van der Waals surface area contributed by atoms with Crippen LogP contribution in [0.1, 0.15) is 29.9 Å². The highest BCUT2D eigenvalue weighted by molar-refractivity contribution is 6.04. The molecule has 6 nitrogen and oxygen atoms in total. The van der Waals surface area contributed by atoms with E-state index in [2.05, 4.69) is 34.4 Å². The first-order chi connectivity index (χ1) is 11.0. The molecule has 0 saturated carbocycles. The van der Waals surface area contributed by atoms with E-state index in [9.17, 15) is 4.79 Å². The van der Waals surface area contributed by atoms with E-state index >= 15 is 0 Å². The maximum Gasteiger partial charge on any atom is 0.274 e. The molecule has 1 heterocycles. The maximum atomic E-state index is 12.4. The van der Waals surface area contributed by atoms with Crippen LogP contribution in [0.15, 0.2) is 30.6 Å². The molecule has 23 heavy (non-hydrogen) atoms. The van der Waals surface area contributed by atoms with Crippen LogP contribution in [0.5, 0.6) is 5.75 Å². The molecule has 0 fully saturated rings. The Hall–Kier alpha value is -2.63. The fourth-order valence-corrected chi connectivity index (χ4v) is 1.99. The summed E-state index contributed by atoms with van der Waals surface area (Å²) in [6.07, 6.45) is 1.38. The number of carbonyl (C=O) groups is 1. The van der Waals surface area contributed by atoms with Gasteiger partial charge in [-0.05, 0) is 30.5 Å². The lowest BCUT2D eigenvalue weighted by atomic mass is 10.2. The van der Waals surface area contributed by atoms with E-state index in [0.29, 0.717) is 28.9 Å². The molecule has 1 aromatic carbocycles. The fourth-order valence-electron chi connectivity index (χ4n) is 1.99. The number of aryl methyl sites for hydroxylation is 1. The van der Waals surface area contributed by atoms with E-state index in [0.717, 1.165) is 12.1 Å². The second kappa shape index (κ2) is 7.58. The minimum atomic E-state index is -0.302. The van der Waals surface area contributed by atoms with Crippen molar-refractivity contribution in [2.75, 3.05) is 24.3 Å². The van der Waals surface area contributed by atoms with Gasteiger partial charge in [-0.1, -0.05) is 19.9 Å². The van der Waals surface area contributed by atoms with Crippen LogP contribution in [-0.2, 0) is 0 Å². The summed E-state index contributed by atoms with van der Waals surface area (Å²) in [6.45, 7) is 6.94. The van der Waals surface area contributed by atoms with E-state index in [-0.39, 0.29) is 5.91 Å². The van der Waals surface area contributed by atoms with Gasteiger partial charge in [-0.15, -0.1) is 0 Å². The number of nitrogens with one attached hydrogen (secondary N) is 2. The molecule has 2 aromatic rings. The smallest absolute Gasteiger partial charge is 0.274 e. The van der Waals surface area contributed by atoms with Gasteiger partial charge < -0.3 is 15.4 Å². The van der Waals surface area contributed by atoms with Crippen molar-refractivity contribution >= 4 is 17.4 Å². The summed E-state index contributed by atoms with van der Waals surface area (Å²) < 4.78 is 5.27. The van der Waals surface area contributed by atoms with Crippen LogP contribution in [-0.4, -0.2) is 29.5 Å². The van der Waals surface area contributed by atoms with Crippen LogP contribution in [0.2, 0.25) is 0 Å². The standard InChI is InChI=1S/C17H22N4O2/c1-11(2)9-18-16-8-14(19-10-20-16)17(22)21-13-7-12(3)5-6-15(13)23-4/h5-8,10-11H,9H2,1-4H3,(H,21,22)(H,18,19,20). The SMILES string of the molecule is COc1ccc(C)cc1NC(=O)c1cc(NCC(C)C)ncn1. The third-order valence-electron chi connectivity index (χ3n) is 3.19. The topological polar surface area (TPSA) is 76.1 Å². The molecule has 1 amide bonds. The average Bonchev–Trinajstić information content (AvgIpc) is 2.53. The molecule has 1 aromatic heterocycles. The predicted octanol–water partition coefficient (Wildman–Crippen LogP) is 3.11. The Morgan fingerprint density at radius 1 is 1.26 bits per heavy atom. The zero-order chi connectivity index (χ0) is 16.8. The molecule has 0 saturated heterocycles. The number of amides is 1. The van der Waals surface area contributed by atoms with E-state index in [4.69, 9.17) is 4.74 Å². The minimum Gasteiger partial charge on any atom is -0.495 e. The molecule has 2 N–H and O–H groups in total. The highest BCUT2D eigenvalue weighted by atomic mass is 16.5. The van der Waals surface area contributed by atoms with Gasteiger partial charge in [0.25, 0.3) is 5.91 Å². The Bertz CT molecular complexity index is 686. The maximum absolute atomic E-state index is 12.4. The molecule has 6 heteroatoms. The zero-order valence-electron chi connectivity index (χ0n) is 13.9. The number of rotatable bonds is 6. The van der Waals surface area contributed by atoms with Crippen LogP contribution in [0.3, 0.4) is 0 Å². The lowest BCUT2D eigenvalue weighted by Crippen LogP contribution is -2.16. The second-order valence-corrected chi connectivity index (χ2v) is 5.72. The highest BCUT2D eigenvalue weighted by Gasteiger charge is 2.12. The van der Waals surface area contributed by atoms with Crippen molar-refractivity contribution in [3.8, 4) is 5.75 Å². The van der Waals surface area contributed by atoms with E-state index in [1.807, 2.05) is 25.1 Å². The van der Waals surface area contributed by atoms with Gasteiger partial charge >= 0.3 is 0 Å². The molecular weight excluding hydrogens is 292 g/mol. The molecule has 0 unspecified atom stereocenters. The Morgan fingerprint density at radius 2 is 2.04 bits per heavy atom. The number of carbonyl (C=O) groups excluding carboxylic acids is 1. The Labute approximate surface area is 136 Å². The van der Waals surface area contributed by atoms with E-state index in [1.54, 1.807) is 13.2 Å². The normalized spacial score (nSPS) is 10.5. The summed E-state index contributed by atoms with van der Waals surface area (Å²) >= 11 is 0. The number of aromatic nitrogens is 2. The van der Waals surface area contributed by atoms with Gasteiger partial charge in [-0.2, -0.15) is 0 Å². The van der Waals surface area contributed by atoms with Crippen molar-refractivity contribution in [3.63, 3.8) is 0 Å². The van der Waals surface area contributed by atoms with E-state index in [1.165, 1.54) is 6.33 Å². The monoisotopic (exact) mass is 314 g/mol. The largest absolute Gasteiger partial charge is 0.495 e. The summed E-state index contributed by atoms with van der Waals surface area (Å²) in [4.78, 5) is 20.6. The number of ether oxygens (including phenoxy) is 1. The number of benzene rings is 1. The van der Waals surface area contributed by atoms with Gasteiger partial charge in [0.2, 0.25) is 0 Å². The second-order valence-electron chi connectivity index (χ2n) is 5.72. The van der Waals surface area contributed by atoms with Gasteiger partial charge in [0.05, 0.1) is 12.8 Å². The summed E-state index contributed by atoms with van der Waals surface area (Å²) in [5.74, 6) is 1.42. The van der Waals surface area contributed by atoms with Gasteiger partial charge in [0.1, 0.15) is 23.6 Å². The van der Waals surface area contributed by atoms with Crippen molar-refractivity contribution in [1.29, 1.82) is 0 Å². The van der Waals surface area contributed by atoms with Crippen molar-refractivity contribution in [2.45, 2.75) is 20.8 Å². The van der Waals surface area contributed by atoms with Gasteiger partial charge in [0.15, 0.2) is 0 Å². The van der Waals surface area contributed by atoms with Gasteiger partial charge in [-0.3, -0.25) is 4.79 Å². The van der Waals surface area contributed by atoms with Crippen LogP contribution in [0.4, 0.5) is 11.5 Å². The number of hydrogen-bond donors (Lipinski definition) is 2. The summed E-state index contributed by atoms with van der Waals surface area (Å²) in [5.41, 5.74) is 1.95. The molecule has 122 valence electrons. The average molecular weight is 314 g/mol. The molecule has 0 aliphatic rings. The lowest BCUT2D eigenvalue weighted by molar-refractivity contribution is 0.102. The third kappa shape index (κ3) is 4.67. The number of anilines is 2. The first-order valence-electron chi connectivity index (χ1n) is 7.51. The highest BCUT2D eigenvalue weighted by Crippen LogP contribution is 2.25. The Kier molecular flexibility index (Phi) is 5.51.